The first-order valence-electron chi connectivity index (χ1n) is 6.41. The van der Waals surface area contributed by atoms with E-state index in [0.717, 1.165) is 11.3 Å². The van der Waals surface area contributed by atoms with Gasteiger partial charge in [-0.25, -0.2) is 4.39 Å². The van der Waals surface area contributed by atoms with Gasteiger partial charge in [0.15, 0.2) is 0 Å². The van der Waals surface area contributed by atoms with E-state index >= 15 is 0 Å². The number of hydrogen-bond acceptors (Lipinski definition) is 2. The molecule has 0 spiro atoms. The summed E-state index contributed by atoms with van der Waals surface area (Å²) in [5.41, 5.74) is 4.43. The summed E-state index contributed by atoms with van der Waals surface area (Å²) in [6, 6.07) is 10.9. The summed E-state index contributed by atoms with van der Waals surface area (Å²) in [6.45, 7) is 4.84. The van der Waals surface area contributed by atoms with Crippen molar-refractivity contribution < 1.29 is 9.13 Å². The van der Waals surface area contributed by atoms with Gasteiger partial charge in [0.25, 0.3) is 0 Å². The van der Waals surface area contributed by atoms with Crippen molar-refractivity contribution in [1.82, 2.24) is 0 Å². The first-order chi connectivity index (χ1) is 9.13. The van der Waals surface area contributed by atoms with Crippen LogP contribution in [0.3, 0.4) is 0 Å². The molecule has 1 atom stereocenters. The highest BCUT2D eigenvalue weighted by molar-refractivity contribution is 5.58. The maximum absolute atomic E-state index is 13.2. The normalized spacial score (nSPS) is 17.3. The molecular weight excluding hydrogens is 241 g/mol. The van der Waals surface area contributed by atoms with Crippen molar-refractivity contribution in [1.29, 1.82) is 0 Å². The number of halogens is 1. The predicted octanol–water partition coefficient (Wildman–Crippen LogP) is 3.99. The Morgan fingerprint density at radius 3 is 2.79 bits per heavy atom. The van der Waals surface area contributed by atoms with E-state index < -0.39 is 0 Å². The minimum Gasteiger partial charge on any atom is -0.482 e. The Kier molecular flexibility index (Phi) is 2.90. The third kappa shape index (κ3) is 2.28. The van der Waals surface area contributed by atoms with Crippen molar-refractivity contribution in [3.8, 4) is 5.75 Å². The largest absolute Gasteiger partial charge is 0.482 e. The van der Waals surface area contributed by atoms with E-state index in [0.29, 0.717) is 12.3 Å². The van der Waals surface area contributed by atoms with Crippen LogP contribution in [0.4, 0.5) is 10.1 Å². The average Bonchev–Trinajstić information content (AvgIpc) is 2.38. The number of rotatable bonds is 1. The zero-order chi connectivity index (χ0) is 13.4. The monoisotopic (exact) mass is 257 g/mol. The highest BCUT2D eigenvalue weighted by Crippen LogP contribution is 2.35. The van der Waals surface area contributed by atoms with E-state index in [-0.39, 0.29) is 11.9 Å². The van der Waals surface area contributed by atoms with Crippen LogP contribution in [-0.4, -0.2) is 6.54 Å². The van der Waals surface area contributed by atoms with Crippen LogP contribution in [0.1, 0.15) is 22.8 Å². The van der Waals surface area contributed by atoms with Crippen molar-refractivity contribution in [2.24, 2.45) is 0 Å². The predicted molar refractivity (Wildman–Crippen MR) is 74.2 cm³/mol. The van der Waals surface area contributed by atoms with Crippen LogP contribution in [-0.2, 0) is 0 Å². The summed E-state index contributed by atoms with van der Waals surface area (Å²) in [7, 11) is 0. The van der Waals surface area contributed by atoms with Gasteiger partial charge in [0.05, 0.1) is 12.2 Å². The van der Waals surface area contributed by atoms with Gasteiger partial charge in [0, 0.05) is 6.07 Å². The second-order valence-corrected chi connectivity index (χ2v) is 4.99. The molecule has 1 heterocycles. The van der Waals surface area contributed by atoms with Gasteiger partial charge < -0.3 is 10.1 Å². The summed E-state index contributed by atoms with van der Waals surface area (Å²) < 4.78 is 19.2. The first-order valence-corrected chi connectivity index (χ1v) is 6.41. The van der Waals surface area contributed by atoms with Crippen LogP contribution in [0.25, 0.3) is 0 Å². The van der Waals surface area contributed by atoms with Gasteiger partial charge in [-0.05, 0) is 37.1 Å². The standard InChI is InChI=1S/C16H16FNO/c1-10-3-5-13(11(2)7-10)16-9-18-14-6-4-12(17)8-15(14)19-16/h3-8,16,18H,9H2,1-2H3. The Bertz CT molecular complexity index is 624. The molecule has 0 amide bonds. The Morgan fingerprint density at radius 2 is 2.00 bits per heavy atom. The zero-order valence-corrected chi connectivity index (χ0v) is 11.0. The SMILES string of the molecule is Cc1ccc(C2CNc3ccc(F)cc3O2)c(C)c1. The molecule has 98 valence electrons. The van der Waals surface area contributed by atoms with Crippen molar-refractivity contribution in [3.63, 3.8) is 0 Å². The quantitative estimate of drug-likeness (QED) is 0.834. The second kappa shape index (κ2) is 4.57. The molecule has 3 heteroatoms. The van der Waals surface area contributed by atoms with Gasteiger partial charge in [-0.3, -0.25) is 0 Å². The number of hydrogen-bond donors (Lipinski definition) is 1. The van der Waals surface area contributed by atoms with E-state index in [9.17, 15) is 4.39 Å². The maximum atomic E-state index is 13.2. The van der Waals surface area contributed by atoms with E-state index in [1.807, 2.05) is 0 Å². The van der Waals surface area contributed by atoms with Crippen LogP contribution in [0.15, 0.2) is 36.4 Å². The molecule has 1 aliphatic rings. The summed E-state index contributed by atoms with van der Waals surface area (Å²) in [4.78, 5) is 0. The van der Waals surface area contributed by atoms with Gasteiger partial charge in [0.2, 0.25) is 0 Å². The molecule has 19 heavy (non-hydrogen) atoms. The second-order valence-electron chi connectivity index (χ2n) is 4.99. The molecule has 0 aliphatic carbocycles. The van der Waals surface area contributed by atoms with Crippen LogP contribution in [0.5, 0.6) is 5.75 Å². The smallest absolute Gasteiger partial charge is 0.146 e. The van der Waals surface area contributed by atoms with Crippen LogP contribution in [0.2, 0.25) is 0 Å². The lowest BCUT2D eigenvalue weighted by atomic mass is 10.00. The number of anilines is 1. The molecule has 1 unspecified atom stereocenters. The average molecular weight is 257 g/mol. The summed E-state index contributed by atoms with van der Waals surface area (Å²) in [5, 5.41) is 3.29. The molecule has 0 fully saturated rings. The van der Waals surface area contributed by atoms with E-state index in [1.54, 1.807) is 6.07 Å². The molecule has 0 saturated carbocycles. The molecule has 1 N–H and O–H groups in total. The summed E-state index contributed by atoms with van der Waals surface area (Å²) >= 11 is 0. The van der Waals surface area contributed by atoms with Crippen molar-refractivity contribution in [2.75, 3.05) is 11.9 Å². The van der Waals surface area contributed by atoms with Crippen LogP contribution >= 0.6 is 0 Å². The fourth-order valence-electron chi connectivity index (χ4n) is 2.50. The Labute approximate surface area is 112 Å². The number of fused-ring (bicyclic) bond motifs is 1. The van der Waals surface area contributed by atoms with E-state index in [4.69, 9.17) is 4.74 Å². The lowest BCUT2D eigenvalue weighted by Gasteiger charge is -2.28. The molecular formula is C16H16FNO. The Morgan fingerprint density at radius 1 is 1.16 bits per heavy atom. The van der Waals surface area contributed by atoms with Crippen LogP contribution < -0.4 is 10.1 Å². The maximum Gasteiger partial charge on any atom is 0.146 e. The molecule has 2 aromatic rings. The third-order valence-corrected chi connectivity index (χ3v) is 3.46. The highest BCUT2D eigenvalue weighted by atomic mass is 19.1. The molecule has 0 saturated heterocycles. The van der Waals surface area contributed by atoms with Gasteiger partial charge in [0.1, 0.15) is 17.7 Å². The lowest BCUT2D eigenvalue weighted by molar-refractivity contribution is 0.209. The molecule has 0 radical (unpaired) electrons. The first kappa shape index (κ1) is 12.0. The van der Waals surface area contributed by atoms with Crippen molar-refractivity contribution in [2.45, 2.75) is 20.0 Å². The number of ether oxygens (including phenoxy) is 1. The third-order valence-electron chi connectivity index (χ3n) is 3.46. The van der Waals surface area contributed by atoms with Crippen molar-refractivity contribution in [3.05, 3.63) is 58.9 Å². The molecule has 3 rings (SSSR count). The lowest BCUT2D eigenvalue weighted by Crippen LogP contribution is -2.24. The van der Waals surface area contributed by atoms with Gasteiger partial charge >= 0.3 is 0 Å². The number of aryl methyl sites for hydroxylation is 2. The van der Waals surface area contributed by atoms with Crippen LogP contribution in [0, 0.1) is 19.7 Å². The summed E-state index contributed by atoms with van der Waals surface area (Å²) in [5.74, 6) is 0.304. The fourth-order valence-corrected chi connectivity index (χ4v) is 2.50. The minimum atomic E-state index is -0.276. The fraction of sp³-hybridized carbons (Fsp3) is 0.250. The highest BCUT2D eigenvalue weighted by Gasteiger charge is 2.22. The van der Waals surface area contributed by atoms with Gasteiger partial charge in [-0.1, -0.05) is 23.8 Å². The number of benzene rings is 2. The van der Waals surface area contributed by atoms with Gasteiger partial charge in [-0.2, -0.15) is 0 Å². The molecule has 2 aromatic carbocycles. The topological polar surface area (TPSA) is 21.3 Å². The summed E-state index contributed by atoms with van der Waals surface area (Å²) in [6.07, 6.45) is -0.0742. The molecule has 1 aliphatic heterocycles. The molecule has 2 nitrogen and oxygen atoms in total. The van der Waals surface area contributed by atoms with Gasteiger partial charge in [-0.15, -0.1) is 0 Å². The zero-order valence-electron chi connectivity index (χ0n) is 11.0. The minimum absolute atomic E-state index is 0.0742. The molecule has 0 aromatic heterocycles. The number of nitrogens with one attached hydrogen (secondary N) is 1. The van der Waals surface area contributed by atoms with E-state index in [2.05, 4.69) is 37.4 Å². The Hall–Kier alpha value is -2.03. The van der Waals surface area contributed by atoms with Crippen molar-refractivity contribution >= 4 is 5.69 Å². The Balaban J connectivity index is 1.93. The molecule has 0 bridgehead atoms. The van der Waals surface area contributed by atoms with E-state index in [1.165, 1.54) is 23.3 Å².